The van der Waals surface area contributed by atoms with Crippen molar-refractivity contribution in [3.8, 4) is 0 Å². The zero-order chi connectivity index (χ0) is 18.6. The molecule has 1 aliphatic carbocycles. The number of hydrogen-bond acceptors (Lipinski definition) is 3. The summed E-state index contributed by atoms with van der Waals surface area (Å²) in [6.07, 6.45) is 6.07. The molecule has 1 heterocycles. The largest absolute Gasteiger partial charge is 0.371 e. The van der Waals surface area contributed by atoms with Crippen LogP contribution in [0.1, 0.15) is 36.0 Å². The van der Waals surface area contributed by atoms with E-state index in [4.69, 9.17) is 0 Å². The maximum Gasteiger partial charge on any atom is 0.238 e. The van der Waals surface area contributed by atoms with Crippen LogP contribution in [0.5, 0.6) is 0 Å². The summed E-state index contributed by atoms with van der Waals surface area (Å²) in [4.78, 5) is 17.1. The van der Waals surface area contributed by atoms with Crippen LogP contribution in [-0.2, 0) is 24.2 Å². The number of hydrogen-bond donors (Lipinski definition) is 1. The molecule has 27 heavy (non-hydrogen) atoms. The van der Waals surface area contributed by atoms with Gasteiger partial charge in [0.15, 0.2) is 0 Å². The molecule has 0 spiro atoms. The molecule has 142 valence electrons. The first-order valence-electron chi connectivity index (χ1n) is 10.1. The number of fused-ring (bicyclic) bond motifs is 1. The Balaban J connectivity index is 1.35. The predicted octanol–water partition coefficient (Wildman–Crippen LogP) is 3.85. The molecule has 1 N–H and O–H groups in total. The fourth-order valence-electron chi connectivity index (χ4n) is 4.35. The van der Waals surface area contributed by atoms with Gasteiger partial charge >= 0.3 is 0 Å². The molecule has 0 unspecified atom stereocenters. The Morgan fingerprint density at radius 1 is 1.04 bits per heavy atom. The lowest BCUT2D eigenvalue weighted by atomic mass is 10.1. The number of rotatable bonds is 6. The van der Waals surface area contributed by atoms with Gasteiger partial charge in [-0.05, 0) is 74.0 Å². The van der Waals surface area contributed by atoms with Gasteiger partial charge in [-0.3, -0.25) is 9.69 Å². The van der Waals surface area contributed by atoms with Crippen molar-refractivity contribution in [3.63, 3.8) is 0 Å². The zero-order valence-electron chi connectivity index (χ0n) is 16.2. The summed E-state index contributed by atoms with van der Waals surface area (Å²) >= 11 is 0. The van der Waals surface area contributed by atoms with Gasteiger partial charge in [-0.1, -0.05) is 24.3 Å². The minimum atomic E-state index is 0.0501. The van der Waals surface area contributed by atoms with Crippen LogP contribution in [0.2, 0.25) is 0 Å². The van der Waals surface area contributed by atoms with Crippen molar-refractivity contribution in [2.24, 2.45) is 0 Å². The Morgan fingerprint density at radius 3 is 2.67 bits per heavy atom. The number of aryl methyl sites for hydroxylation is 2. The molecule has 1 amide bonds. The highest BCUT2D eigenvalue weighted by atomic mass is 16.2. The second kappa shape index (κ2) is 8.13. The number of nitrogens with one attached hydrogen (secondary N) is 1. The molecule has 0 saturated carbocycles. The van der Waals surface area contributed by atoms with E-state index in [0.29, 0.717) is 6.54 Å². The number of nitrogens with zero attached hydrogens (tertiary/aromatic N) is 2. The minimum absolute atomic E-state index is 0.0501. The van der Waals surface area contributed by atoms with Crippen LogP contribution >= 0.6 is 0 Å². The fourth-order valence-corrected chi connectivity index (χ4v) is 4.35. The molecule has 2 aromatic rings. The van der Waals surface area contributed by atoms with Crippen molar-refractivity contribution in [2.75, 3.05) is 36.9 Å². The van der Waals surface area contributed by atoms with E-state index in [-0.39, 0.29) is 5.91 Å². The Labute approximate surface area is 162 Å². The molecule has 2 aromatic carbocycles. The Hall–Kier alpha value is -2.33. The third kappa shape index (κ3) is 4.33. The Kier molecular flexibility index (Phi) is 5.44. The Bertz CT molecular complexity index is 811. The van der Waals surface area contributed by atoms with Gasteiger partial charge in [0, 0.05) is 31.0 Å². The zero-order valence-corrected chi connectivity index (χ0v) is 16.2. The number of benzene rings is 2. The van der Waals surface area contributed by atoms with Gasteiger partial charge < -0.3 is 10.2 Å². The molecule has 1 saturated heterocycles. The van der Waals surface area contributed by atoms with Gasteiger partial charge in [0.25, 0.3) is 0 Å². The highest BCUT2D eigenvalue weighted by Gasteiger charge is 2.17. The lowest BCUT2D eigenvalue weighted by molar-refractivity contribution is -0.117. The van der Waals surface area contributed by atoms with E-state index in [9.17, 15) is 4.79 Å². The summed E-state index contributed by atoms with van der Waals surface area (Å²) in [6, 6.07) is 14.9. The number of amides is 1. The van der Waals surface area contributed by atoms with E-state index in [2.05, 4.69) is 51.5 Å². The van der Waals surface area contributed by atoms with Gasteiger partial charge in [0.2, 0.25) is 5.91 Å². The van der Waals surface area contributed by atoms with Crippen LogP contribution in [0.4, 0.5) is 11.4 Å². The normalized spacial score (nSPS) is 16.0. The second-order valence-corrected chi connectivity index (χ2v) is 7.88. The topological polar surface area (TPSA) is 35.6 Å². The molecule has 2 aliphatic rings. The van der Waals surface area contributed by atoms with Gasteiger partial charge in [0.05, 0.1) is 6.54 Å². The smallest absolute Gasteiger partial charge is 0.238 e. The SMILES string of the molecule is CN(CC(=O)Nc1ccc2c(c1)CCC2)Cc1ccccc1N1CCCC1. The summed E-state index contributed by atoms with van der Waals surface area (Å²) in [5.41, 5.74) is 6.36. The minimum Gasteiger partial charge on any atom is -0.371 e. The highest BCUT2D eigenvalue weighted by Crippen LogP contribution is 2.26. The number of anilines is 2. The highest BCUT2D eigenvalue weighted by molar-refractivity contribution is 5.92. The summed E-state index contributed by atoms with van der Waals surface area (Å²) in [5.74, 6) is 0.0501. The predicted molar refractivity (Wildman–Crippen MR) is 111 cm³/mol. The first kappa shape index (κ1) is 18.1. The van der Waals surface area contributed by atoms with Gasteiger partial charge in [0.1, 0.15) is 0 Å². The quantitative estimate of drug-likeness (QED) is 0.847. The molecule has 1 fully saturated rings. The van der Waals surface area contributed by atoms with Crippen molar-refractivity contribution in [1.29, 1.82) is 0 Å². The van der Waals surface area contributed by atoms with Crippen LogP contribution in [0.15, 0.2) is 42.5 Å². The monoisotopic (exact) mass is 363 g/mol. The first-order valence-corrected chi connectivity index (χ1v) is 10.1. The average Bonchev–Trinajstić information content (AvgIpc) is 3.33. The van der Waals surface area contributed by atoms with Crippen molar-refractivity contribution < 1.29 is 4.79 Å². The van der Waals surface area contributed by atoms with Crippen LogP contribution in [0, 0.1) is 0 Å². The summed E-state index contributed by atoms with van der Waals surface area (Å²) in [6.45, 7) is 3.45. The lowest BCUT2D eigenvalue weighted by Gasteiger charge is -2.24. The maximum atomic E-state index is 12.5. The molecule has 1 aliphatic heterocycles. The second-order valence-electron chi connectivity index (χ2n) is 7.88. The van der Waals surface area contributed by atoms with Crippen molar-refractivity contribution >= 4 is 17.3 Å². The van der Waals surface area contributed by atoms with Gasteiger partial charge in [-0.15, -0.1) is 0 Å². The van der Waals surface area contributed by atoms with Gasteiger partial charge in [-0.2, -0.15) is 0 Å². The van der Waals surface area contributed by atoms with Crippen molar-refractivity contribution in [1.82, 2.24) is 4.90 Å². The third-order valence-corrected chi connectivity index (χ3v) is 5.67. The summed E-state index contributed by atoms with van der Waals surface area (Å²) in [5, 5.41) is 3.07. The van der Waals surface area contributed by atoms with Crippen LogP contribution in [-0.4, -0.2) is 37.5 Å². The van der Waals surface area contributed by atoms with Crippen LogP contribution in [0.25, 0.3) is 0 Å². The van der Waals surface area contributed by atoms with E-state index in [1.165, 1.54) is 48.1 Å². The number of carbonyl (C=O) groups excluding carboxylic acids is 1. The Morgan fingerprint density at radius 2 is 1.81 bits per heavy atom. The van der Waals surface area contributed by atoms with Crippen LogP contribution < -0.4 is 10.2 Å². The molecular weight excluding hydrogens is 334 g/mol. The number of likely N-dealkylation sites (N-methyl/N-ethyl adjacent to an activating group) is 1. The van der Waals surface area contributed by atoms with Crippen LogP contribution in [0.3, 0.4) is 0 Å². The number of para-hydroxylation sites is 1. The third-order valence-electron chi connectivity index (χ3n) is 5.67. The molecule has 0 bridgehead atoms. The standard InChI is InChI=1S/C23H29N3O/c1-25(16-20-7-2-3-10-22(20)26-13-4-5-14-26)17-23(27)24-21-12-11-18-8-6-9-19(18)15-21/h2-3,7,10-12,15H,4-6,8-9,13-14,16-17H2,1H3,(H,24,27). The molecule has 0 aromatic heterocycles. The molecule has 4 nitrogen and oxygen atoms in total. The molecule has 0 atom stereocenters. The van der Waals surface area contributed by atoms with E-state index in [1.54, 1.807) is 0 Å². The average molecular weight is 364 g/mol. The molecular formula is C23H29N3O. The van der Waals surface area contributed by atoms with E-state index in [0.717, 1.165) is 31.7 Å². The fraction of sp³-hybridized carbons (Fsp3) is 0.435. The maximum absolute atomic E-state index is 12.5. The lowest BCUT2D eigenvalue weighted by Crippen LogP contribution is -2.30. The van der Waals surface area contributed by atoms with E-state index in [1.807, 2.05) is 13.1 Å². The van der Waals surface area contributed by atoms with Crippen molar-refractivity contribution in [2.45, 2.75) is 38.6 Å². The molecule has 4 heteroatoms. The van der Waals surface area contributed by atoms with Gasteiger partial charge in [-0.25, -0.2) is 0 Å². The number of carbonyl (C=O) groups is 1. The molecule has 0 radical (unpaired) electrons. The molecule has 4 rings (SSSR count). The van der Waals surface area contributed by atoms with E-state index >= 15 is 0 Å². The van der Waals surface area contributed by atoms with Crippen molar-refractivity contribution in [3.05, 3.63) is 59.2 Å². The first-order chi connectivity index (χ1) is 13.2. The summed E-state index contributed by atoms with van der Waals surface area (Å²) in [7, 11) is 2.02. The van der Waals surface area contributed by atoms with E-state index < -0.39 is 0 Å². The summed E-state index contributed by atoms with van der Waals surface area (Å²) < 4.78 is 0.